The normalized spacial score (nSPS) is 27.9. The van der Waals surface area contributed by atoms with Crippen LogP contribution in [0.3, 0.4) is 0 Å². The molecule has 1 nitrogen and oxygen atoms in total. The van der Waals surface area contributed by atoms with Gasteiger partial charge in [-0.05, 0) is 32.6 Å². The van der Waals surface area contributed by atoms with Crippen LogP contribution in [-0.4, -0.2) is 33.1 Å². The van der Waals surface area contributed by atoms with E-state index in [0.29, 0.717) is 0 Å². The van der Waals surface area contributed by atoms with Crippen molar-refractivity contribution in [2.45, 2.75) is 31.6 Å². The zero-order valence-electron chi connectivity index (χ0n) is 7.48. The van der Waals surface area contributed by atoms with Gasteiger partial charge in [0.15, 0.2) is 0 Å². The highest BCUT2D eigenvalue weighted by Gasteiger charge is 2.23. The standard InChI is InChI=1S/C8H19NSi/c1-9-5-4-7-10(2,3)8-6-9/h4-8H2,1-3H3. The SMILES string of the molecule is CN1CCC[Si](C)(C)CC1. The Bertz CT molecular complexity index is 112. The summed E-state index contributed by atoms with van der Waals surface area (Å²) in [6.07, 6.45) is 1.44. The first-order valence-corrected chi connectivity index (χ1v) is 7.70. The number of nitrogens with zero attached hydrogens (tertiary/aromatic N) is 1. The maximum atomic E-state index is 2.52. The van der Waals surface area contributed by atoms with Crippen molar-refractivity contribution in [3.63, 3.8) is 0 Å². The quantitative estimate of drug-likeness (QED) is 0.486. The lowest BCUT2D eigenvalue weighted by atomic mass is 10.4. The zero-order chi connectivity index (χ0) is 7.61. The average molecular weight is 157 g/mol. The second kappa shape index (κ2) is 3.05. The van der Waals surface area contributed by atoms with Crippen molar-refractivity contribution >= 4 is 8.07 Å². The monoisotopic (exact) mass is 157 g/mol. The minimum absolute atomic E-state index is 0.724. The highest BCUT2D eigenvalue weighted by molar-refractivity contribution is 6.77. The Balaban J connectivity index is 2.41. The maximum absolute atomic E-state index is 2.52. The number of hydrogen-bond donors (Lipinski definition) is 0. The molecule has 0 amide bonds. The van der Waals surface area contributed by atoms with Gasteiger partial charge in [0.2, 0.25) is 0 Å². The fraction of sp³-hybridized carbons (Fsp3) is 1.00. The van der Waals surface area contributed by atoms with Crippen LogP contribution in [0.2, 0.25) is 25.2 Å². The molecule has 0 N–H and O–H groups in total. The van der Waals surface area contributed by atoms with E-state index in [1.165, 1.54) is 31.6 Å². The van der Waals surface area contributed by atoms with Crippen LogP contribution < -0.4 is 0 Å². The summed E-state index contributed by atoms with van der Waals surface area (Å²) in [5.74, 6) is 0. The molecule has 0 bridgehead atoms. The Morgan fingerprint density at radius 3 is 2.50 bits per heavy atom. The van der Waals surface area contributed by atoms with E-state index in [2.05, 4.69) is 25.0 Å². The lowest BCUT2D eigenvalue weighted by Crippen LogP contribution is -2.26. The third-order valence-corrected chi connectivity index (χ3v) is 5.85. The molecule has 0 saturated carbocycles. The van der Waals surface area contributed by atoms with Gasteiger partial charge in [-0.1, -0.05) is 19.1 Å². The van der Waals surface area contributed by atoms with E-state index in [9.17, 15) is 0 Å². The van der Waals surface area contributed by atoms with Gasteiger partial charge in [0.25, 0.3) is 0 Å². The molecule has 0 radical (unpaired) electrons. The van der Waals surface area contributed by atoms with E-state index in [-0.39, 0.29) is 0 Å². The van der Waals surface area contributed by atoms with Crippen LogP contribution in [0.1, 0.15) is 6.42 Å². The first kappa shape index (κ1) is 8.28. The molecule has 1 aliphatic heterocycles. The van der Waals surface area contributed by atoms with Crippen LogP contribution in [0, 0.1) is 0 Å². The maximum Gasteiger partial charge on any atom is 0.0486 e. The van der Waals surface area contributed by atoms with Gasteiger partial charge in [0, 0.05) is 8.07 Å². The smallest absolute Gasteiger partial charge is 0.0486 e. The van der Waals surface area contributed by atoms with Crippen LogP contribution in [0.5, 0.6) is 0 Å². The molecule has 2 heteroatoms. The van der Waals surface area contributed by atoms with Gasteiger partial charge < -0.3 is 4.90 Å². The summed E-state index contributed by atoms with van der Waals surface area (Å²) in [7, 11) is 1.52. The Kier molecular flexibility index (Phi) is 2.53. The fourth-order valence-corrected chi connectivity index (χ4v) is 3.91. The summed E-state index contributed by atoms with van der Waals surface area (Å²) in [4.78, 5) is 2.47. The molecule has 0 spiro atoms. The molecule has 1 rings (SSSR count). The largest absolute Gasteiger partial charge is 0.307 e. The summed E-state index contributed by atoms with van der Waals surface area (Å²) in [6, 6.07) is 3.04. The van der Waals surface area contributed by atoms with Crippen LogP contribution in [0.4, 0.5) is 0 Å². The fourth-order valence-electron chi connectivity index (χ4n) is 1.56. The van der Waals surface area contributed by atoms with E-state index < -0.39 is 8.07 Å². The molecule has 1 heterocycles. The molecular weight excluding hydrogens is 138 g/mol. The van der Waals surface area contributed by atoms with Gasteiger partial charge >= 0.3 is 0 Å². The van der Waals surface area contributed by atoms with Gasteiger partial charge in [0.05, 0.1) is 0 Å². The van der Waals surface area contributed by atoms with Gasteiger partial charge in [-0.2, -0.15) is 0 Å². The third kappa shape index (κ3) is 2.43. The molecule has 0 aromatic carbocycles. The first-order valence-electron chi connectivity index (χ1n) is 4.29. The van der Waals surface area contributed by atoms with Crippen molar-refractivity contribution in [1.29, 1.82) is 0 Å². The highest BCUT2D eigenvalue weighted by Crippen LogP contribution is 2.20. The van der Waals surface area contributed by atoms with Crippen molar-refractivity contribution < 1.29 is 0 Å². The summed E-state index contributed by atoms with van der Waals surface area (Å²) in [6.45, 7) is 7.72. The minimum atomic E-state index is -0.724. The predicted octanol–water partition coefficient (Wildman–Crippen LogP) is 2.03. The van der Waals surface area contributed by atoms with Crippen LogP contribution in [0.25, 0.3) is 0 Å². The van der Waals surface area contributed by atoms with Crippen molar-refractivity contribution in [2.75, 3.05) is 20.1 Å². The Labute approximate surface area is 65.4 Å². The Hall–Kier alpha value is 0.177. The van der Waals surface area contributed by atoms with E-state index in [4.69, 9.17) is 0 Å². The first-order chi connectivity index (χ1) is 4.60. The summed E-state index contributed by atoms with van der Waals surface area (Å²) in [5.41, 5.74) is 0. The van der Waals surface area contributed by atoms with E-state index in [0.717, 1.165) is 0 Å². The lowest BCUT2D eigenvalue weighted by molar-refractivity contribution is 0.360. The van der Waals surface area contributed by atoms with Crippen LogP contribution in [-0.2, 0) is 0 Å². The van der Waals surface area contributed by atoms with Crippen LogP contribution in [0.15, 0.2) is 0 Å². The molecule has 0 aromatic rings. The zero-order valence-corrected chi connectivity index (χ0v) is 8.48. The molecule has 0 aromatic heterocycles. The van der Waals surface area contributed by atoms with Crippen molar-refractivity contribution in [3.05, 3.63) is 0 Å². The van der Waals surface area contributed by atoms with Gasteiger partial charge in [-0.3, -0.25) is 0 Å². The van der Waals surface area contributed by atoms with Crippen molar-refractivity contribution in [1.82, 2.24) is 4.90 Å². The van der Waals surface area contributed by atoms with Gasteiger partial charge in [-0.25, -0.2) is 0 Å². The van der Waals surface area contributed by atoms with Gasteiger partial charge in [-0.15, -0.1) is 0 Å². The molecule has 0 unspecified atom stereocenters. The summed E-state index contributed by atoms with van der Waals surface area (Å²) < 4.78 is 0. The third-order valence-electron chi connectivity index (χ3n) is 2.56. The molecule has 1 saturated heterocycles. The summed E-state index contributed by atoms with van der Waals surface area (Å²) >= 11 is 0. The lowest BCUT2D eigenvalue weighted by Gasteiger charge is -2.18. The number of rotatable bonds is 0. The Morgan fingerprint density at radius 2 is 1.80 bits per heavy atom. The molecule has 1 aliphatic rings. The van der Waals surface area contributed by atoms with E-state index in [1.807, 2.05) is 0 Å². The van der Waals surface area contributed by atoms with Crippen molar-refractivity contribution in [2.24, 2.45) is 0 Å². The minimum Gasteiger partial charge on any atom is -0.307 e. The number of hydrogen-bond acceptors (Lipinski definition) is 1. The second-order valence-corrected chi connectivity index (χ2v) is 9.65. The van der Waals surface area contributed by atoms with E-state index in [1.54, 1.807) is 0 Å². The van der Waals surface area contributed by atoms with Crippen LogP contribution >= 0.6 is 0 Å². The van der Waals surface area contributed by atoms with E-state index >= 15 is 0 Å². The molecule has 10 heavy (non-hydrogen) atoms. The highest BCUT2D eigenvalue weighted by atomic mass is 28.3. The molecule has 0 atom stereocenters. The van der Waals surface area contributed by atoms with Gasteiger partial charge in [0.1, 0.15) is 0 Å². The molecule has 60 valence electrons. The second-order valence-electron chi connectivity index (χ2n) is 4.32. The molecule has 1 fully saturated rings. The Morgan fingerprint density at radius 1 is 1.10 bits per heavy atom. The topological polar surface area (TPSA) is 3.24 Å². The molecule has 0 aliphatic carbocycles. The predicted molar refractivity (Wildman–Crippen MR) is 49.2 cm³/mol. The molecular formula is C8H19NSi. The average Bonchev–Trinajstić information content (AvgIpc) is 1.94. The summed E-state index contributed by atoms with van der Waals surface area (Å²) in [5, 5.41) is 0. The van der Waals surface area contributed by atoms with Crippen molar-refractivity contribution in [3.8, 4) is 0 Å².